The van der Waals surface area contributed by atoms with Crippen LogP contribution in [0.3, 0.4) is 0 Å². The number of likely N-dealkylation sites (tertiary alicyclic amines) is 1. The van der Waals surface area contributed by atoms with Crippen molar-refractivity contribution in [1.82, 2.24) is 4.90 Å². The lowest BCUT2D eigenvalue weighted by atomic mass is 10.0. The highest BCUT2D eigenvalue weighted by atomic mass is 16.7. The Balaban J connectivity index is 1.82. The van der Waals surface area contributed by atoms with E-state index in [4.69, 9.17) is 9.47 Å². The first-order valence-corrected chi connectivity index (χ1v) is 6.97. The molecule has 0 aromatic heterocycles. The summed E-state index contributed by atoms with van der Waals surface area (Å²) in [5.74, 6) is 0.366. The minimum atomic E-state index is -0.00656. The van der Waals surface area contributed by atoms with Crippen LogP contribution in [0, 0.1) is 5.92 Å². The molecular formula is C15H25NO2. The molecule has 2 heterocycles. The van der Waals surface area contributed by atoms with Gasteiger partial charge in [-0.05, 0) is 38.7 Å². The maximum absolute atomic E-state index is 5.86. The number of ether oxygens (including phenoxy) is 2. The van der Waals surface area contributed by atoms with Gasteiger partial charge in [0.15, 0.2) is 6.29 Å². The van der Waals surface area contributed by atoms with Crippen molar-refractivity contribution in [3.63, 3.8) is 0 Å². The van der Waals surface area contributed by atoms with Crippen LogP contribution in [-0.2, 0) is 9.47 Å². The summed E-state index contributed by atoms with van der Waals surface area (Å²) in [5.41, 5.74) is 2.20. The SMILES string of the molecule is C=C1C(=C)N(C(C)C)CC1COC1CCCCO1. The molecule has 3 heteroatoms. The molecule has 0 bridgehead atoms. The molecule has 0 aliphatic carbocycles. The Kier molecular flexibility index (Phi) is 4.46. The lowest BCUT2D eigenvalue weighted by Gasteiger charge is -2.25. The van der Waals surface area contributed by atoms with E-state index in [9.17, 15) is 0 Å². The van der Waals surface area contributed by atoms with Gasteiger partial charge in [0.1, 0.15) is 0 Å². The van der Waals surface area contributed by atoms with E-state index >= 15 is 0 Å². The standard InChI is InChI=1S/C15H25NO2/c1-11(2)16-9-14(12(3)13(16)4)10-18-15-7-5-6-8-17-15/h11,14-15H,3-10H2,1-2H3. The van der Waals surface area contributed by atoms with Crippen molar-refractivity contribution in [2.45, 2.75) is 45.4 Å². The Labute approximate surface area is 110 Å². The van der Waals surface area contributed by atoms with Crippen LogP contribution in [0.5, 0.6) is 0 Å². The third-order valence-corrected chi connectivity index (χ3v) is 3.87. The van der Waals surface area contributed by atoms with Gasteiger partial charge < -0.3 is 14.4 Å². The zero-order chi connectivity index (χ0) is 13.1. The van der Waals surface area contributed by atoms with Gasteiger partial charge in [0.2, 0.25) is 0 Å². The van der Waals surface area contributed by atoms with Gasteiger partial charge in [-0.1, -0.05) is 13.2 Å². The molecule has 2 fully saturated rings. The van der Waals surface area contributed by atoms with Crippen LogP contribution in [-0.4, -0.2) is 37.0 Å². The van der Waals surface area contributed by atoms with Crippen LogP contribution in [0.4, 0.5) is 0 Å². The van der Waals surface area contributed by atoms with Gasteiger partial charge in [-0.3, -0.25) is 0 Å². The molecule has 0 aromatic carbocycles. The van der Waals surface area contributed by atoms with Crippen molar-refractivity contribution in [1.29, 1.82) is 0 Å². The smallest absolute Gasteiger partial charge is 0.157 e. The normalized spacial score (nSPS) is 29.4. The van der Waals surface area contributed by atoms with E-state index in [0.717, 1.165) is 37.3 Å². The number of hydrogen-bond donors (Lipinski definition) is 0. The topological polar surface area (TPSA) is 21.7 Å². The Morgan fingerprint density at radius 3 is 2.72 bits per heavy atom. The Morgan fingerprint density at radius 2 is 2.17 bits per heavy atom. The number of allylic oxidation sites excluding steroid dienone is 1. The molecule has 0 radical (unpaired) electrons. The van der Waals surface area contributed by atoms with Gasteiger partial charge in [0.25, 0.3) is 0 Å². The third kappa shape index (κ3) is 2.96. The molecule has 102 valence electrons. The van der Waals surface area contributed by atoms with Crippen LogP contribution in [0.1, 0.15) is 33.1 Å². The molecule has 0 aromatic rings. The monoisotopic (exact) mass is 251 g/mol. The maximum Gasteiger partial charge on any atom is 0.157 e. The third-order valence-electron chi connectivity index (χ3n) is 3.87. The van der Waals surface area contributed by atoms with Gasteiger partial charge in [-0.15, -0.1) is 0 Å². The molecule has 2 saturated heterocycles. The number of hydrogen-bond acceptors (Lipinski definition) is 3. The van der Waals surface area contributed by atoms with E-state index in [2.05, 4.69) is 31.9 Å². The van der Waals surface area contributed by atoms with E-state index in [1.807, 2.05) is 0 Å². The molecule has 2 atom stereocenters. The zero-order valence-corrected chi connectivity index (χ0v) is 11.7. The maximum atomic E-state index is 5.86. The van der Waals surface area contributed by atoms with Crippen molar-refractivity contribution in [2.24, 2.45) is 5.92 Å². The van der Waals surface area contributed by atoms with E-state index in [1.54, 1.807) is 0 Å². The second-order valence-corrected chi connectivity index (χ2v) is 5.54. The first kappa shape index (κ1) is 13.6. The summed E-state index contributed by atoms with van der Waals surface area (Å²) < 4.78 is 11.4. The predicted octanol–water partition coefficient (Wildman–Crippen LogP) is 2.94. The summed E-state index contributed by atoms with van der Waals surface area (Å²) in [6.45, 7) is 15.2. The van der Waals surface area contributed by atoms with Gasteiger partial charge in [0, 0.05) is 30.8 Å². The molecule has 0 spiro atoms. The quantitative estimate of drug-likeness (QED) is 0.767. The summed E-state index contributed by atoms with van der Waals surface area (Å²) in [5, 5.41) is 0. The van der Waals surface area contributed by atoms with Crippen molar-refractivity contribution >= 4 is 0 Å². The molecule has 3 nitrogen and oxygen atoms in total. The van der Waals surface area contributed by atoms with Crippen LogP contribution < -0.4 is 0 Å². The first-order valence-electron chi connectivity index (χ1n) is 6.97. The Bertz CT molecular complexity index is 318. The molecule has 2 aliphatic rings. The fraction of sp³-hybridized carbons (Fsp3) is 0.733. The van der Waals surface area contributed by atoms with Crippen molar-refractivity contribution in [3.05, 3.63) is 24.4 Å². The van der Waals surface area contributed by atoms with Crippen LogP contribution in [0.15, 0.2) is 24.4 Å². The minimum Gasteiger partial charge on any atom is -0.369 e. The first-order chi connectivity index (χ1) is 8.59. The predicted molar refractivity (Wildman–Crippen MR) is 73.2 cm³/mol. The fourth-order valence-corrected chi connectivity index (χ4v) is 2.62. The van der Waals surface area contributed by atoms with E-state index in [0.29, 0.717) is 18.6 Å². The van der Waals surface area contributed by atoms with E-state index < -0.39 is 0 Å². The van der Waals surface area contributed by atoms with Crippen molar-refractivity contribution in [2.75, 3.05) is 19.8 Å². The zero-order valence-electron chi connectivity index (χ0n) is 11.7. The lowest BCUT2D eigenvalue weighted by molar-refractivity contribution is -0.166. The number of nitrogens with zero attached hydrogens (tertiary/aromatic N) is 1. The Hall–Kier alpha value is -0.800. The average Bonchev–Trinajstić information content (AvgIpc) is 2.65. The van der Waals surface area contributed by atoms with Crippen LogP contribution >= 0.6 is 0 Å². The fourth-order valence-electron chi connectivity index (χ4n) is 2.62. The van der Waals surface area contributed by atoms with Gasteiger partial charge in [-0.2, -0.15) is 0 Å². The van der Waals surface area contributed by atoms with Crippen LogP contribution in [0.2, 0.25) is 0 Å². The highest BCUT2D eigenvalue weighted by Crippen LogP contribution is 2.32. The number of rotatable bonds is 4. The molecule has 0 N–H and O–H groups in total. The second-order valence-electron chi connectivity index (χ2n) is 5.54. The van der Waals surface area contributed by atoms with E-state index in [-0.39, 0.29) is 6.29 Å². The summed E-state index contributed by atoms with van der Waals surface area (Å²) >= 11 is 0. The van der Waals surface area contributed by atoms with Gasteiger partial charge in [-0.25, -0.2) is 0 Å². The minimum absolute atomic E-state index is 0.00656. The van der Waals surface area contributed by atoms with Crippen molar-refractivity contribution < 1.29 is 9.47 Å². The molecule has 0 saturated carbocycles. The molecule has 2 rings (SSSR count). The summed E-state index contributed by atoms with van der Waals surface area (Å²) in [4.78, 5) is 2.30. The lowest BCUT2D eigenvalue weighted by Crippen LogP contribution is -2.29. The largest absolute Gasteiger partial charge is 0.369 e. The Morgan fingerprint density at radius 1 is 1.39 bits per heavy atom. The summed E-state index contributed by atoms with van der Waals surface area (Å²) in [6, 6.07) is 0.477. The second kappa shape index (κ2) is 5.89. The highest BCUT2D eigenvalue weighted by Gasteiger charge is 2.31. The van der Waals surface area contributed by atoms with Crippen LogP contribution in [0.25, 0.3) is 0 Å². The average molecular weight is 251 g/mol. The molecular weight excluding hydrogens is 226 g/mol. The highest BCUT2D eigenvalue weighted by molar-refractivity contribution is 5.32. The summed E-state index contributed by atoms with van der Waals surface area (Å²) in [6.07, 6.45) is 3.39. The van der Waals surface area contributed by atoms with Gasteiger partial charge in [0.05, 0.1) is 6.61 Å². The summed E-state index contributed by atoms with van der Waals surface area (Å²) in [7, 11) is 0. The molecule has 0 amide bonds. The molecule has 2 aliphatic heterocycles. The molecule has 2 unspecified atom stereocenters. The van der Waals surface area contributed by atoms with Crippen molar-refractivity contribution in [3.8, 4) is 0 Å². The van der Waals surface area contributed by atoms with Gasteiger partial charge >= 0.3 is 0 Å². The van der Waals surface area contributed by atoms with E-state index in [1.165, 1.54) is 6.42 Å². The molecule has 18 heavy (non-hydrogen) atoms.